The molecule has 1 fully saturated rings. The summed E-state index contributed by atoms with van der Waals surface area (Å²) < 4.78 is 5.60. The van der Waals surface area contributed by atoms with Gasteiger partial charge in [0.25, 0.3) is 0 Å². The lowest BCUT2D eigenvalue weighted by atomic mass is 9.78. The van der Waals surface area contributed by atoms with Crippen molar-refractivity contribution in [3.63, 3.8) is 0 Å². The summed E-state index contributed by atoms with van der Waals surface area (Å²) in [4.78, 5) is 18.3. The summed E-state index contributed by atoms with van der Waals surface area (Å²) in [5.41, 5.74) is 9.59. The van der Waals surface area contributed by atoms with Crippen molar-refractivity contribution in [2.75, 3.05) is 19.8 Å². The molecule has 1 saturated carbocycles. The van der Waals surface area contributed by atoms with Crippen molar-refractivity contribution >= 4 is 23.2 Å². The van der Waals surface area contributed by atoms with Crippen LogP contribution in [0.1, 0.15) is 58.8 Å². The van der Waals surface area contributed by atoms with Crippen molar-refractivity contribution in [2.45, 2.75) is 58.8 Å². The molecule has 0 aromatic heterocycles. The van der Waals surface area contributed by atoms with Crippen LogP contribution in [0.5, 0.6) is 0 Å². The van der Waals surface area contributed by atoms with Gasteiger partial charge in [0, 0.05) is 35.4 Å². The highest BCUT2D eigenvalue weighted by molar-refractivity contribution is 6.29. The van der Waals surface area contributed by atoms with Gasteiger partial charge in [-0.05, 0) is 56.4 Å². The van der Waals surface area contributed by atoms with E-state index in [2.05, 4.69) is 29.5 Å². The third-order valence-electron chi connectivity index (χ3n) is 6.12. The number of nitrogens with one attached hydrogen (secondary N) is 2. The van der Waals surface area contributed by atoms with Crippen LogP contribution in [0, 0.1) is 11.3 Å². The van der Waals surface area contributed by atoms with Crippen molar-refractivity contribution in [1.82, 2.24) is 10.6 Å². The quantitative estimate of drug-likeness (QED) is 0.462. The lowest BCUT2D eigenvalue weighted by Gasteiger charge is -2.30. The standard InChI is InChI=1S/C24H35ClN4O3/c1-24(2)9-7-17(25)14-28-18(13-24)21(22(26)16-5-3-4-6-16)23(31)29-19-15-27-10-8-20(19)32-12-11-30/h8,14-15,21,27,30H,3-7,9-13,26H2,1-2H3,(H,29,31)/b17-14+,28-18?. The fourth-order valence-electron chi connectivity index (χ4n) is 4.33. The Hall–Kier alpha value is -2.25. The van der Waals surface area contributed by atoms with Gasteiger partial charge in [0.2, 0.25) is 5.91 Å². The summed E-state index contributed by atoms with van der Waals surface area (Å²) >= 11 is 6.35. The number of allylic oxidation sites excluding steroid dienone is 2. The molecule has 7 nitrogen and oxygen atoms in total. The second kappa shape index (κ2) is 11.1. The van der Waals surface area contributed by atoms with E-state index in [4.69, 9.17) is 27.2 Å². The first-order chi connectivity index (χ1) is 15.3. The lowest BCUT2D eigenvalue weighted by Crippen LogP contribution is -2.41. The number of halogens is 1. The van der Waals surface area contributed by atoms with Crippen LogP contribution in [0.3, 0.4) is 0 Å². The zero-order valence-corrected chi connectivity index (χ0v) is 19.8. The molecule has 1 amide bonds. The normalized spacial score (nSPS) is 23.3. The van der Waals surface area contributed by atoms with Crippen LogP contribution >= 0.6 is 11.6 Å². The maximum absolute atomic E-state index is 13.7. The van der Waals surface area contributed by atoms with Crippen molar-refractivity contribution in [1.29, 1.82) is 0 Å². The number of ether oxygens (including phenoxy) is 1. The summed E-state index contributed by atoms with van der Waals surface area (Å²) in [6, 6.07) is 0. The lowest BCUT2D eigenvalue weighted by molar-refractivity contribution is -0.121. The summed E-state index contributed by atoms with van der Waals surface area (Å²) in [6.45, 7) is 4.97. The average Bonchev–Trinajstić information content (AvgIpc) is 3.29. The largest absolute Gasteiger partial charge is 0.489 e. The van der Waals surface area contributed by atoms with E-state index >= 15 is 0 Å². The monoisotopic (exact) mass is 462 g/mol. The van der Waals surface area contributed by atoms with Gasteiger partial charge in [-0.2, -0.15) is 0 Å². The fraction of sp³-hybridized carbons (Fsp3) is 0.583. The molecule has 1 aliphatic carbocycles. The summed E-state index contributed by atoms with van der Waals surface area (Å²) in [6.07, 6.45) is 11.5. The van der Waals surface area contributed by atoms with Crippen LogP contribution in [0.25, 0.3) is 0 Å². The van der Waals surface area contributed by atoms with Gasteiger partial charge in [0.05, 0.1) is 12.3 Å². The minimum absolute atomic E-state index is 0.0622. The van der Waals surface area contributed by atoms with E-state index in [-0.39, 0.29) is 24.5 Å². The Morgan fingerprint density at radius 2 is 2.12 bits per heavy atom. The second-order valence-electron chi connectivity index (χ2n) is 9.33. The molecule has 0 aromatic rings. The summed E-state index contributed by atoms with van der Waals surface area (Å²) in [5.74, 6) is -0.391. The Labute approximate surface area is 195 Å². The van der Waals surface area contributed by atoms with Crippen LogP contribution in [0.4, 0.5) is 0 Å². The number of carbonyl (C=O) groups is 1. The molecule has 1 atom stereocenters. The van der Waals surface area contributed by atoms with E-state index in [1.165, 1.54) is 0 Å². The molecule has 0 spiro atoms. The van der Waals surface area contributed by atoms with E-state index in [0.717, 1.165) is 49.8 Å². The molecule has 5 N–H and O–H groups in total. The number of nitrogens with two attached hydrogens (primary N) is 1. The molecule has 3 rings (SSSR count). The van der Waals surface area contributed by atoms with Crippen LogP contribution in [-0.4, -0.2) is 36.5 Å². The predicted octanol–water partition coefficient (Wildman–Crippen LogP) is 3.57. The van der Waals surface area contributed by atoms with Crippen LogP contribution in [0.2, 0.25) is 0 Å². The molecule has 0 bridgehead atoms. The fourth-order valence-corrected chi connectivity index (χ4v) is 4.47. The van der Waals surface area contributed by atoms with Gasteiger partial charge >= 0.3 is 0 Å². The highest BCUT2D eigenvalue weighted by Gasteiger charge is 2.34. The average molecular weight is 463 g/mol. The van der Waals surface area contributed by atoms with Crippen LogP contribution < -0.4 is 16.4 Å². The smallest absolute Gasteiger partial charge is 0.239 e. The molecule has 2 aliphatic heterocycles. The third-order valence-corrected chi connectivity index (χ3v) is 6.40. The minimum Gasteiger partial charge on any atom is -0.489 e. The molecular formula is C24H35ClN4O3. The van der Waals surface area contributed by atoms with Gasteiger partial charge in [-0.1, -0.05) is 31.0 Å². The molecule has 176 valence electrons. The number of hydrogen-bond acceptors (Lipinski definition) is 6. The van der Waals surface area contributed by atoms with Crippen molar-refractivity contribution in [2.24, 2.45) is 22.1 Å². The zero-order chi connectivity index (χ0) is 23.1. The highest BCUT2D eigenvalue weighted by Crippen LogP contribution is 2.36. The topological polar surface area (TPSA) is 109 Å². The Kier molecular flexibility index (Phi) is 8.43. The van der Waals surface area contributed by atoms with E-state index in [1.54, 1.807) is 12.4 Å². The number of hydrogen-bond donors (Lipinski definition) is 4. The van der Waals surface area contributed by atoms with Gasteiger partial charge in [0.1, 0.15) is 18.3 Å². The Balaban J connectivity index is 1.94. The van der Waals surface area contributed by atoms with E-state index in [1.807, 2.05) is 6.08 Å². The number of aliphatic hydroxyl groups excluding tert-OH is 1. The first-order valence-corrected chi connectivity index (χ1v) is 11.8. The SMILES string of the molecule is CC1(C)CC/C(Cl)=C\N=C(C(C(=O)NC2=CNCC=C2OCCO)C(N)=C2CCCC2)C1. The molecule has 32 heavy (non-hydrogen) atoms. The Bertz CT molecular complexity index is 862. The maximum Gasteiger partial charge on any atom is 0.239 e. The first kappa shape index (κ1) is 24.4. The number of nitrogens with zero attached hydrogens (tertiary/aromatic N) is 1. The maximum atomic E-state index is 13.7. The van der Waals surface area contributed by atoms with Gasteiger partial charge < -0.3 is 26.2 Å². The summed E-state index contributed by atoms with van der Waals surface area (Å²) in [7, 11) is 0. The molecule has 1 unspecified atom stereocenters. The predicted molar refractivity (Wildman–Crippen MR) is 128 cm³/mol. The number of rotatable bonds is 7. The molecule has 2 heterocycles. The zero-order valence-electron chi connectivity index (χ0n) is 19.0. The van der Waals surface area contributed by atoms with Crippen LogP contribution in [0.15, 0.2) is 51.2 Å². The molecule has 0 saturated heterocycles. The second-order valence-corrected chi connectivity index (χ2v) is 9.82. The number of carbonyl (C=O) groups excluding carboxylic acids is 1. The minimum atomic E-state index is -0.678. The summed E-state index contributed by atoms with van der Waals surface area (Å²) in [5, 5.41) is 15.9. The van der Waals surface area contributed by atoms with Gasteiger partial charge in [-0.15, -0.1) is 0 Å². The number of dihydropyridines is 1. The number of aliphatic imine (C=N–C) groups is 1. The number of aliphatic hydroxyl groups is 1. The number of amides is 1. The van der Waals surface area contributed by atoms with Crippen molar-refractivity contribution < 1.29 is 14.6 Å². The van der Waals surface area contributed by atoms with E-state index in [9.17, 15) is 4.79 Å². The Morgan fingerprint density at radius 3 is 2.84 bits per heavy atom. The van der Waals surface area contributed by atoms with Crippen molar-refractivity contribution in [3.8, 4) is 0 Å². The van der Waals surface area contributed by atoms with Crippen molar-refractivity contribution in [3.05, 3.63) is 46.2 Å². The molecule has 8 heteroatoms. The van der Waals surface area contributed by atoms with E-state index in [0.29, 0.717) is 35.2 Å². The van der Waals surface area contributed by atoms with Gasteiger partial charge in [0.15, 0.2) is 0 Å². The first-order valence-electron chi connectivity index (χ1n) is 11.4. The van der Waals surface area contributed by atoms with Gasteiger partial charge in [-0.25, -0.2) is 0 Å². The Morgan fingerprint density at radius 1 is 1.38 bits per heavy atom. The highest BCUT2D eigenvalue weighted by atomic mass is 35.5. The molecule has 0 aromatic carbocycles. The molecule has 0 radical (unpaired) electrons. The third kappa shape index (κ3) is 6.39. The molecule has 3 aliphatic rings. The van der Waals surface area contributed by atoms with E-state index < -0.39 is 5.92 Å². The van der Waals surface area contributed by atoms with Gasteiger partial charge in [-0.3, -0.25) is 9.79 Å². The van der Waals surface area contributed by atoms with Crippen LogP contribution in [-0.2, 0) is 9.53 Å². The molecular weight excluding hydrogens is 428 g/mol.